The van der Waals surface area contributed by atoms with E-state index in [-0.39, 0.29) is 0 Å². The van der Waals surface area contributed by atoms with Gasteiger partial charge in [0, 0.05) is 12.8 Å². The van der Waals surface area contributed by atoms with E-state index in [1.165, 1.54) is 11.1 Å². The molecule has 3 N–H and O–H groups in total. The fourth-order valence-corrected chi connectivity index (χ4v) is 3.21. The second-order valence-corrected chi connectivity index (χ2v) is 6.43. The number of rotatable bonds is 8. The van der Waals surface area contributed by atoms with Crippen LogP contribution in [-0.2, 0) is 24.2 Å². The maximum atomic E-state index is 10.1. The van der Waals surface area contributed by atoms with Gasteiger partial charge in [-0.1, -0.05) is 36.4 Å². The number of aliphatic hydroxyl groups excluding tert-OH is 1. The summed E-state index contributed by atoms with van der Waals surface area (Å²) >= 11 is 0. The van der Waals surface area contributed by atoms with Crippen molar-refractivity contribution in [1.82, 2.24) is 0 Å². The average Bonchev–Trinajstić information content (AvgIpc) is 3.03. The molecule has 0 amide bonds. The Bertz CT molecular complexity index is 617. The lowest BCUT2D eigenvalue weighted by Gasteiger charge is -2.14. The first kappa shape index (κ1) is 17.0. The summed E-state index contributed by atoms with van der Waals surface area (Å²) in [7, 11) is 1.65. The summed E-state index contributed by atoms with van der Waals surface area (Å²) in [6.07, 6.45) is 1.75. The fraction of sp³-hybridized carbons (Fsp3) is 0.400. The van der Waals surface area contributed by atoms with Crippen LogP contribution in [0.4, 0.5) is 0 Å². The van der Waals surface area contributed by atoms with Crippen LogP contribution in [0, 0.1) is 0 Å². The molecular formula is C20H26NO3+. The van der Waals surface area contributed by atoms with Gasteiger partial charge in [0.05, 0.1) is 26.4 Å². The van der Waals surface area contributed by atoms with E-state index in [4.69, 9.17) is 9.47 Å². The van der Waals surface area contributed by atoms with E-state index in [2.05, 4.69) is 29.6 Å². The van der Waals surface area contributed by atoms with Gasteiger partial charge in [0.1, 0.15) is 18.4 Å². The lowest BCUT2D eigenvalue weighted by molar-refractivity contribution is -0.693. The van der Waals surface area contributed by atoms with Crippen molar-refractivity contribution in [3.63, 3.8) is 0 Å². The van der Waals surface area contributed by atoms with Gasteiger partial charge in [-0.3, -0.25) is 0 Å². The van der Waals surface area contributed by atoms with Crippen molar-refractivity contribution in [2.75, 3.05) is 20.3 Å². The molecule has 4 heteroatoms. The minimum Gasteiger partial charge on any atom is -0.497 e. The van der Waals surface area contributed by atoms with Crippen LogP contribution in [-0.4, -0.2) is 37.5 Å². The summed E-state index contributed by atoms with van der Waals surface area (Å²) < 4.78 is 10.8. The molecule has 0 saturated heterocycles. The molecule has 3 rings (SSSR count). The van der Waals surface area contributed by atoms with Crippen LogP contribution >= 0.6 is 0 Å². The summed E-state index contributed by atoms with van der Waals surface area (Å²) in [5, 5.41) is 12.4. The van der Waals surface area contributed by atoms with Crippen LogP contribution in [0.25, 0.3) is 0 Å². The van der Waals surface area contributed by atoms with Gasteiger partial charge in [0.25, 0.3) is 0 Å². The molecule has 0 spiro atoms. The third-order valence-corrected chi connectivity index (χ3v) is 4.56. The van der Waals surface area contributed by atoms with Crippen molar-refractivity contribution in [2.24, 2.45) is 0 Å². The summed E-state index contributed by atoms with van der Waals surface area (Å²) in [4.78, 5) is 0. The lowest BCUT2D eigenvalue weighted by Crippen LogP contribution is -2.92. The molecule has 0 bridgehead atoms. The zero-order valence-corrected chi connectivity index (χ0v) is 14.2. The number of benzene rings is 2. The molecule has 4 nitrogen and oxygen atoms in total. The molecule has 0 saturated carbocycles. The van der Waals surface area contributed by atoms with Crippen LogP contribution in [0.1, 0.15) is 16.7 Å². The number of hydrogen-bond acceptors (Lipinski definition) is 3. The van der Waals surface area contributed by atoms with Crippen LogP contribution in [0.5, 0.6) is 5.75 Å². The van der Waals surface area contributed by atoms with Crippen LogP contribution in [0.2, 0.25) is 0 Å². The van der Waals surface area contributed by atoms with E-state index < -0.39 is 6.10 Å². The van der Waals surface area contributed by atoms with Crippen molar-refractivity contribution in [1.29, 1.82) is 0 Å². The Kier molecular flexibility index (Phi) is 5.86. The quantitative estimate of drug-likeness (QED) is 0.768. The van der Waals surface area contributed by atoms with Crippen molar-refractivity contribution >= 4 is 0 Å². The van der Waals surface area contributed by atoms with Gasteiger partial charge < -0.3 is 19.9 Å². The molecule has 2 aromatic rings. The van der Waals surface area contributed by atoms with Crippen LogP contribution in [0.3, 0.4) is 0 Å². The minimum atomic E-state index is -0.438. The molecule has 1 aliphatic rings. The van der Waals surface area contributed by atoms with E-state index in [9.17, 15) is 5.11 Å². The number of aliphatic hydroxyl groups is 1. The second kappa shape index (κ2) is 8.29. The van der Waals surface area contributed by atoms with E-state index in [0.29, 0.717) is 25.8 Å². The van der Waals surface area contributed by atoms with E-state index in [0.717, 1.165) is 24.2 Å². The zero-order chi connectivity index (χ0) is 16.8. The molecule has 1 aliphatic carbocycles. The third-order valence-electron chi connectivity index (χ3n) is 4.56. The third kappa shape index (κ3) is 4.57. The summed E-state index contributed by atoms with van der Waals surface area (Å²) in [5.74, 6) is 0.839. The first-order chi connectivity index (χ1) is 11.7. The molecule has 0 heterocycles. The number of hydrogen-bond donors (Lipinski definition) is 2. The molecule has 24 heavy (non-hydrogen) atoms. The Morgan fingerprint density at radius 1 is 1.08 bits per heavy atom. The predicted octanol–water partition coefficient (Wildman–Crippen LogP) is 1.30. The molecule has 128 valence electrons. The highest BCUT2D eigenvalue weighted by atomic mass is 16.5. The normalized spacial score (nSPS) is 15.2. The topological polar surface area (TPSA) is 55.3 Å². The average molecular weight is 328 g/mol. The molecular weight excluding hydrogens is 302 g/mol. The molecule has 0 unspecified atom stereocenters. The van der Waals surface area contributed by atoms with Gasteiger partial charge in [-0.25, -0.2) is 0 Å². The fourth-order valence-electron chi connectivity index (χ4n) is 3.21. The van der Waals surface area contributed by atoms with Gasteiger partial charge >= 0.3 is 0 Å². The Hall–Kier alpha value is -1.88. The Labute approximate surface area is 143 Å². The summed E-state index contributed by atoms with van der Waals surface area (Å²) in [6, 6.07) is 16.9. The smallest absolute Gasteiger partial charge is 0.126 e. The first-order valence-electron chi connectivity index (χ1n) is 8.53. The van der Waals surface area contributed by atoms with Crippen molar-refractivity contribution in [3.8, 4) is 5.75 Å². The van der Waals surface area contributed by atoms with Gasteiger partial charge in [-0.15, -0.1) is 0 Å². The Morgan fingerprint density at radius 2 is 1.75 bits per heavy atom. The van der Waals surface area contributed by atoms with Gasteiger partial charge in [0.2, 0.25) is 0 Å². The number of quaternary nitrogens is 1. The number of nitrogens with two attached hydrogens (primary N) is 1. The van der Waals surface area contributed by atoms with Crippen molar-refractivity contribution in [2.45, 2.75) is 31.6 Å². The van der Waals surface area contributed by atoms with Gasteiger partial charge in [0.15, 0.2) is 0 Å². The SMILES string of the molecule is COc1ccc(COC[C@@H](O)C[NH2+]C2Cc3ccccc3C2)cc1. The molecule has 2 aromatic carbocycles. The number of fused-ring (bicyclic) bond motifs is 1. The number of methoxy groups -OCH3 is 1. The maximum absolute atomic E-state index is 10.1. The molecule has 0 aliphatic heterocycles. The monoisotopic (exact) mass is 328 g/mol. The highest BCUT2D eigenvalue weighted by Crippen LogP contribution is 2.19. The van der Waals surface area contributed by atoms with Gasteiger partial charge in [-0.2, -0.15) is 0 Å². The second-order valence-electron chi connectivity index (χ2n) is 6.43. The van der Waals surface area contributed by atoms with E-state index in [1.54, 1.807) is 7.11 Å². The van der Waals surface area contributed by atoms with Crippen LogP contribution < -0.4 is 10.1 Å². The van der Waals surface area contributed by atoms with Gasteiger partial charge in [-0.05, 0) is 28.8 Å². The highest BCUT2D eigenvalue weighted by molar-refractivity contribution is 5.32. The molecule has 0 radical (unpaired) electrons. The van der Waals surface area contributed by atoms with Crippen LogP contribution in [0.15, 0.2) is 48.5 Å². The zero-order valence-electron chi connectivity index (χ0n) is 14.2. The molecule has 0 aromatic heterocycles. The number of ether oxygens (including phenoxy) is 2. The van der Waals surface area contributed by atoms with E-state index >= 15 is 0 Å². The first-order valence-corrected chi connectivity index (χ1v) is 8.53. The van der Waals surface area contributed by atoms with Crippen molar-refractivity contribution in [3.05, 3.63) is 65.2 Å². The standard InChI is InChI=1S/C20H25NO3/c1-23-20-8-6-15(7-9-20)13-24-14-19(22)12-21-18-10-16-4-2-3-5-17(16)11-18/h2-9,18-19,21-22H,10-14H2,1H3/p+1/t19-/m0/s1. The molecule has 0 fully saturated rings. The largest absolute Gasteiger partial charge is 0.497 e. The Morgan fingerprint density at radius 3 is 2.38 bits per heavy atom. The minimum absolute atomic E-state index is 0.363. The lowest BCUT2D eigenvalue weighted by atomic mass is 10.1. The Balaban J connectivity index is 1.34. The summed E-state index contributed by atoms with van der Waals surface area (Å²) in [6.45, 7) is 1.55. The summed E-state index contributed by atoms with van der Waals surface area (Å²) in [5.41, 5.74) is 3.98. The van der Waals surface area contributed by atoms with E-state index in [1.807, 2.05) is 24.3 Å². The predicted molar refractivity (Wildman–Crippen MR) is 93.1 cm³/mol. The van der Waals surface area contributed by atoms with Crippen molar-refractivity contribution < 1.29 is 19.9 Å². The maximum Gasteiger partial charge on any atom is 0.126 e. The molecule has 1 atom stereocenters. The highest BCUT2D eigenvalue weighted by Gasteiger charge is 2.24.